The molecule has 0 spiro atoms. The molecule has 4 rings (SSSR count). The molecule has 3 aromatic rings. The van der Waals surface area contributed by atoms with E-state index in [9.17, 15) is 0 Å². The molecule has 0 unspecified atom stereocenters. The van der Waals surface area contributed by atoms with E-state index >= 15 is 0 Å². The first kappa shape index (κ1) is 22.0. The quantitative estimate of drug-likeness (QED) is 0.343. The standard InChI is InChI=1S/C21H15Cl6N3/c22-13-1-4-16(25)19(7-13)28-10-29(20-8-14(23)2-5-17(20)26)12-30(11-28)21-9-15(24)3-6-18(21)27/h1-9H,10-12H2. The molecular weight excluding hydrogens is 507 g/mol. The molecule has 0 radical (unpaired) electrons. The lowest BCUT2D eigenvalue weighted by molar-refractivity contribution is 0.611. The Kier molecular flexibility index (Phi) is 6.69. The normalized spacial score (nSPS) is 14.4. The van der Waals surface area contributed by atoms with Crippen LogP contribution < -0.4 is 14.7 Å². The number of hydrogen-bond donors (Lipinski definition) is 0. The molecule has 0 saturated carbocycles. The van der Waals surface area contributed by atoms with Gasteiger partial charge in [0.2, 0.25) is 0 Å². The summed E-state index contributed by atoms with van der Waals surface area (Å²) in [6, 6.07) is 16.1. The van der Waals surface area contributed by atoms with Gasteiger partial charge in [-0.05, 0) is 54.6 Å². The Morgan fingerprint density at radius 1 is 0.433 bits per heavy atom. The Balaban J connectivity index is 1.79. The molecule has 3 nitrogen and oxygen atoms in total. The lowest BCUT2D eigenvalue weighted by Gasteiger charge is -2.46. The van der Waals surface area contributed by atoms with Crippen LogP contribution in [0.15, 0.2) is 54.6 Å². The zero-order valence-corrected chi connectivity index (χ0v) is 20.0. The second kappa shape index (κ2) is 9.12. The Hall–Kier alpha value is -1.20. The van der Waals surface area contributed by atoms with Crippen molar-refractivity contribution in [1.29, 1.82) is 0 Å². The van der Waals surface area contributed by atoms with Crippen LogP contribution >= 0.6 is 69.6 Å². The van der Waals surface area contributed by atoms with Gasteiger partial charge in [-0.25, -0.2) is 0 Å². The summed E-state index contributed by atoms with van der Waals surface area (Å²) in [6.45, 7) is 1.57. The Morgan fingerprint density at radius 3 is 0.967 bits per heavy atom. The Labute approximate surface area is 205 Å². The maximum Gasteiger partial charge on any atom is 0.0938 e. The first-order chi connectivity index (χ1) is 14.3. The van der Waals surface area contributed by atoms with E-state index in [4.69, 9.17) is 69.6 Å². The van der Waals surface area contributed by atoms with E-state index in [1.807, 2.05) is 18.2 Å². The minimum atomic E-state index is 0.523. The highest BCUT2D eigenvalue weighted by Gasteiger charge is 2.28. The van der Waals surface area contributed by atoms with Gasteiger partial charge in [0.05, 0.1) is 52.1 Å². The topological polar surface area (TPSA) is 9.72 Å². The van der Waals surface area contributed by atoms with Crippen molar-refractivity contribution in [2.75, 3.05) is 34.7 Å². The molecule has 0 aromatic heterocycles. The van der Waals surface area contributed by atoms with Crippen LogP contribution in [-0.4, -0.2) is 20.0 Å². The van der Waals surface area contributed by atoms with Gasteiger partial charge in [0.1, 0.15) is 0 Å². The number of anilines is 3. The van der Waals surface area contributed by atoms with E-state index in [0.29, 0.717) is 50.1 Å². The highest BCUT2D eigenvalue weighted by Crippen LogP contribution is 2.37. The average molecular weight is 522 g/mol. The molecular formula is C21H15Cl6N3. The summed E-state index contributed by atoms with van der Waals surface area (Å²) in [4.78, 5) is 6.27. The van der Waals surface area contributed by atoms with Crippen molar-refractivity contribution in [3.05, 3.63) is 84.7 Å². The summed E-state index contributed by atoms with van der Waals surface area (Å²) in [7, 11) is 0. The molecule has 0 bridgehead atoms. The molecule has 0 aliphatic carbocycles. The van der Waals surface area contributed by atoms with Gasteiger partial charge in [-0.2, -0.15) is 0 Å². The predicted octanol–water partition coefficient (Wildman–Crippen LogP) is 8.31. The van der Waals surface area contributed by atoms with Crippen molar-refractivity contribution in [2.45, 2.75) is 0 Å². The van der Waals surface area contributed by atoms with Crippen LogP contribution in [0, 0.1) is 0 Å². The molecule has 1 aliphatic rings. The number of halogens is 6. The van der Waals surface area contributed by atoms with Gasteiger partial charge in [0.15, 0.2) is 0 Å². The van der Waals surface area contributed by atoms with E-state index in [1.54, 1.807) is 36.4 Å². The zero-order chi connectivity index (χ0) is 21.4. The summed E-state index contributed by atoms with van der Waals surface area (Å²) in [5.74, 6) is 0. The van der Waals surface area contributed by atoms with Crippen molar-refractivity contribution in [1.82, 2.24) is 0 Å². The van der Waals surface area contributed by atoms with Gasteiger partial charge in [-0.15, -0.1) is 0 Å². The molecule has 0 atom stereocenters. The number of rotatable bonds is 3. The fraction of sp³-hybridized carbons (Fsp3) is 0.143. The molecule has 1 aliphatic heterocycles. The zero-order valence-electron chi connectivity index (χ0n) is 15.4. The van der Waals surface area contributed by atoms with Gasteiger partial charge in [0.25, 0.3) is 0 Å². The van der Waals surface area contributed by atoms with E-state index < -0.39 is 0 Å². The summed E-state index contributed by atoms with van der Waals surface area (Å²) < 4.78 is 0. The smallest absolute Gasteiger partial charge is 0.0938 e. The van der Waals surface area contributed by atoms with Crippen molar-refractivity contribution in [3.8, 4) is 0 Å². The number of nitrogens with zero attached hydrogens (tertiary/aromatic N) is 3. The highest BCUT2D eigenvalue weighted by atomic mass is 35.5. The molecule has 1 saturated heterocycles. The lowest BCUT2D eigenvalue weighted by atomic mass is 10.2. The van der Waals surface area contributed by atoms with E-state index in [-0.39, 0.29) is 0 Å². The molecule has 0 N–H and O–H groups in total. The maximum atomic E-state index is 6.50. The van der Waals surface area contributed by atoms with Crippen molar-refractivity contribution < 1.29 is 0 Å². The summed E-state index contributed by atoms with van der Waals surface area (Å²) in [5.41, 5.74) is 2.40. The first-order valence-electron chi connectivity index (χ1n) is 8.92. The van der Waals surface area contributed by atoms with Crippen LogP contribution in [0.5, 0.6) is 0 Å². The number of benzene rings is 3. The SMILES string of the molecule is Clc1ccc(Cl)c(N2CN(c3cc(Cl)ccc3Cl)CN(c3cc(Cl)ccc3Cl)C2)c1. The van der Waals surface area contributed by atoms with E-state index in [0.717, 1.165) is 17.1 Å². The molecule has 3 aromatic carbocycles. The predicted molar refractivity (Wildman–Crippen MR) is 131 cm³/mol. The molecule has 156 valence electrons. The highest BCUT2D eigenvalue weighted by molar-refractivity contribution is 6.36. The number of hydrogen-bond acceptors (Lipinski definition) is 3. The Bertz CT molecular complexity index is 948. The second-order valence-electron chi connectivity index (χ2n) is 6.83. The van der Waals surface area contributed by atoms with Crippen LogP contribution in [-0.2, 0) is 0 Å². The lowest BCUT2D eigenvalue weighted by Crippen LogP contribution is -2.56. The van der Waals surface area contributed by atoms with Crippen molar-refractivity contribution in [3.63, 3.8) is 0 Å². The largest absolute Gasteiger partial charge is 0.335 e. The summed E-state index contributed by atoms with van der Waals surface area (Å²) in [5, 5.41) is 3.57. The van der Waals surface area contributed by atoms with Crippen LogP contribution in [0.25, 0.3) is 0 Å². The monoisotopic (exact) mass is 519 g/mol. The van der Waals surface area contributed by atoms with Crippen LogP contribution in [0.2, 0.25) is 30.1 Å². The van der Waals surface area contributed by atoms with Gasteiger partial charge in [0, 0.05) is 15.1 Å². The third-order valence-electron chi connectivity index (χ3n) is 4.77. The molecule has 1 fully saturated rings. The van der Waals surface area contributed by atoms with Gasteiger partial charge in [-0.3, -0.25) is 0 Å². The Morgan fingerprint density at radius 2 is 0.700 bits per heavy atom. The second-order valence-corrected chi connectivity index (χ2v) is 9.36. The summed E-state index contributed by atoms with van der Waals surface area (Å²) in [6.07, 6.45) is 0. The van der Waals surface area contributed by atoms with Gasteiger partial charge in [-0.1, -0.05) is 69.6 Å². The molecule has 30 heavy (non-hydrogen) atoms. The van der Waals surface area contributed by atoms with Crippen LogP contribution in [0.1, 0.15) is 0 Å². The fourth-order valence-corrected chi connectivity index (χ4v) is 4.60. The van der Waals surface area contributed by atoms with Gasteiger partial charge >= 0.3 is 0 Å². The van der Waals surface area contributed by atoms with Crippen LogP contribution in [0.3, 0.4) is 0 Å². The third kappa shape index (κ3) is 4.67. The first-order valence-corrected chi connectivity index (χ1v) is 11.2. The van der Waals surface area contributed by atoms with E-state index in [2.05, 4.69) is 14.7 Å². The molecule has 1 heterocycles. The van der Waals surface area contributed by atoms with Crippen molar-refractivity contribution in [2.24, 2.45) is 0 Å². The summed E-state index contributed by atoms with van der Waals surface area (Å²) >= 11 is 38.2. The van der Waals surface area contributed by atoms with E-state index in [1.165, 1.54) is 0 Å². The van der Waals surface area contributed by atoms with Crippen LogP contribution in [0.4, 0.5) is 17.1 Å². The minimum absolute atomic E-state index is 0.523. The molecule has 0 amide bonds. The van der Waals surface area contributed by atoms with Crippen molar-refractivity contribution >= 4 is 86.7 Å². The fourth-order valence-electron chi connectivity index (χ4n) is 3.39. The minimum Gasteiger partial charge on any atom is -0.335 e. The van der Waals surface area contributed by atoms with Gasteiger partial charge < -0.3 is 14.7 Å². The molecule has 9 heteroatoms. The third-order valence-corrected chi connectivity index (χ3v) is 6.44. The maximum absolute atomic E-state index is 6.50. The average Bonchev–Trinajstić information content (AvgIpc) is 2.73.